The Kier molecular flexibility index (Phi) is 4.18. The van der Waals surface area contributed by atoms with Crippen LogP contribution in [0.4, 0.5) is 0 Å². The predicted octanol–water partition coefficient (Wildman–Crippen LogP) is -1.23. The standard InChI is InChI=1S/C7H14N4O.NO3/c1-4-5(2)10-11(6(8)9)7(4,3)12;2-1(3)4/h4,12H,1-3H3,(H3,8,9);/q;-1/p+1. The van der Waals surface area contributed by atoms with Gasteiger partial charge in [0.05, 0.1) is 16.7 Å². The highest BCUT2D eigenvalue weighted by Gasteiger charge is 2.43. The molecule has 1 aliphatic rings. The molecule has 0 spiro atoms. The molecule has 0 amide bonds. The topological polar surface area (TPSA) is 154 Å². The molecule has 0 saturated heterocycles. The summed E-state index contributed by atoms with van der Waals surface area (Å²) < 4.78 is 1.24. The summed E-state index contributed by atoms with van der Waals surface area (Å²) in [4.78, 5) is 8.25. The maximum absolute atomic E-state index is 9.89. The molecule has 2 unspecified atom stereocenters. The highest BCUT2D eigenvalue weighted by molar-refractivity contribution is 5.86. The monoisotopic (exact) mass is 233 g/mol. The van der Waals surface area contributed by atoms with Gasteiger partial charge >= 0.3 is 5.96 Å². The van der Waals surface area contributed by atoms with Crippen LogP contribution in [0.15, 0.2) is 5.10 Å². The summed E-state index contributed by atoms with van der Waals surface area (Å²) in [6, 6.07) is 0. The van der Waals surface area contributed by atoms with E-state index in [0.717, 1.165) is 5.71 Å². The second kappa shape index (κ2) is 4.75. The maximum Gasteiger partial charge on any atom is 0.367 e. The van der Waals surface area contributed by atoms with Crippen LogP contribution in [0.5, 0.6) is 0 Å². The number of nitrogens with zero attached hydrogens (tertiary/aromatic N) is 3. The largest absolute Gasteiger partial charge is 0.367 e. The van der Waals surface area contributed by atoms with Gasteiger partial charge in [0.1, 0.15) is 0 Å². The first-order chi connectivity index (χ1) is 7.10. The normalized spacial score (nSPS) is 27.9. The molecule has 1 aliphatic heterocycles. The number of hydrogen-bond acceptors (Lipinski definition) is 5. The van der Waals surface area contributed by atoms with Crippen LogP contribution < -0.4 is 11.5 Å². The Labute approximate surface area is 91.8 Å². The van der Waals surface area contributed by atoms with Gasteiger partial charge in [-0.15, -0.1) is 9.79 Å². The van der Waals surface area contributed by atoms with Gasteiger partial charge in [-0.05, 0) is 6.92 Å². The van der Waals surface area contributed by atoms with Crippen molar-refractivity contribution >= 4 is 11.7 Å². The predicted molar refractivity (Wildman–Crippen MR) is 56.9 cm³/mol. The Bertz CT molecular complexity index is 341. The van der Waals surface area contributed by atoms with E-state index in [2.05, 4.69) is 5.10 Å². The first kappa shape index (κ1) is 14.1. The van der Waals surface area contributed by atoms with Crippen molar-refractivity contribution in [3.8, 4) is 0 Å². The highest BCUT2D eigenvalue weighted by Crippen LogP contribution is 2.25. The van der Waals surface area contributed by atoms with Crippen molar-refractivity contribution in [2.75, 3.05) is 0 Å². The summed E-state index contributed by atoms with van der Waals surface area (Å²) in [5.74, 6) is -0.0386. The van der Waals surface area contributed by atoms with Gasteiger partial charge in [0.25, 0.3) is 0 Å². The van der Waals surface area contributed by atoms with Gasteiger partial charge in [-0.3, -0.25) is 11.5 Å². The van der Waals surface area contributed by atoms with Gasteiger partial charge in [0.2, 0.25) is 5.72 Å². The fourth-order valence-electron chi connectivity index (χ4n) is 1.24. The smallest absolute Gasteiger partial charge is 0.357 e. The number of hydrazone groups is 1. The lowest BCUT2D eigenvalue weighted by atomic mass is 9.97. The first-order valence-corrected chi connectivity index (χ1v) is 4.37. The van der Waals surface area contributed by atoms with Gasteiger partial charge in [-0.2, -0.15) is 0 Å². The van der Waals surface area contributed by atoms with Gasteiger partial charge in [-0.1, -0.05) is 6.92 Å². The Morgan fingerprint density at radius 1 is 1.62 bits per heavy atom. The van der Waals surface area contributed by atoms with E-state index >= 15 is 0 Å². The third-order valence-electron chi connectivity index (χ3n) is 2.38. The molecule has 16 heavy (non-hydrogen) atoms. The van der Waals surface area contributed by atoms with E-state index in [0.29, 0.717) is 0 Å². The minimum Gasteiger partial charge on any atom is -0.357 e. The summed E-state index contributed by atoms with van der Waals surface area (Å²) in [5, 5.41) is 28.7. The van der Waals surface area contributed by atoms with E-state index in [1.807, 2.05) is 13.8 Å². The van der Waals surface area contributed by atoms with E-state index in [1.54, 1.807) is 6.92 Å². The average Bonchev–Trinajstić information content (AvgIpc) is 2.28. The average molecular weight is 233 g/mol. The van der Waals surface area contributed by atoms with E-state index in [-0.39, 0.29) is 11.9 Å². The van der Waals surface area contributed by atoms with Crippen molar-refractivity contribution < 1.29 is 14.9 Å². The maximum atomic E-state index is 9.89. The molecule has 2 atom stereocenters. The quantitative estimate of drug-likeness (QED) is 0.206. The van der Waals surface area contributed by atoms with Crippen molar-refractivity contribution in [1.29, 1.82) is 0 Å². The zero-order valence-corrected chi connectivity index (χ0v) is 9.25. The number of rotatable bonds is 0. The van der Waals surface area contributed by atoms with Gasteiger partial charge in [0.15, 0.2) is 0 Å². The third kappa shape index (κ3) is 3.05. The van der Waals surface area contributed by atoms with Gasteiger partial charge < -0.3 is 20.4 Å². The molecular weight excluding hydrogens is 218 g/mol. The molecule has 0 saturated carbocycles. The van der Waals surface area contributed by atoms with Crippen molar-refractivity contribution in [2.45, 2.75) is 26.5 Å². The zero-order valence-electron chi connectivity index (χ0n) is 9.25. The summed E-state index contributed by atoms with van der Waals surface area (Å²) in [6.07, 6.45) is 0. The fraction of sp³-hybridized carbons (Fsp3) is 0.714. The van der Waals surface area contributed by atoms with E-state index < -0.39 is 10.8 Å². The number of guanidine groups is 1. The second-order valence-corrected chi connectivity index (χ2v) is 3.52. The molecule has 1 heterocycles. The lowest BCUT2D eigenvalue weighted by molar-refractivity contribution is -0.655. The molecule has 0 bridgehead atoms. The molecule has 0 radical (unpaired) electrons. The SMILES string of the molecule is CC1=N[N+](=C(N)N)C(C)(O)C1C.O=[N+]([O-])[O-]. The fourth-order valence-corrected chi connectivity index (χ4v) is 1.24. The molecule has 9 nitrogen and oxygen atoms in total. The van der Waals surface area contributed by atoms with Crippen LogP contribution in [0.3, 0.4) is 0 Å². The molecule has 9 heteroatoms. The molecule has 92 valence electrons. The third-order valence-corrected chi connectivity index (χ3v) is 2.38. The molecule has 0 aromatic rings. The number of hydrogen-bond donors (Lipinski definition) is 3. The summed E-state index contributed by atoms with van der Waals surface area (Å²) in [5.41, 5.74) is 10.4. The Hall–Kier alpha value is -1.90. The van der Waals surface area contributed by atoms with E-state index in [9.17, 15) is 5.11 Å². The number of nitrogens with two attached hydrogens (primary N) is 2. The van der Waals surface area contributed by atoms with Crippen LogP contribution in [0.1, 0.15) is 20.8 Å². The van der Waals surface area contributed by atoms with E-state index in [1.165, 1.54) is 4.68 Å². The Balaban J connectivity index is 0.000000487. The van der Waals surface area contributed by atoms with Crippen LogP contribution in [0, 0.1) is 21.2 Å². The van der Waals surface area contributed by atoms with Crippen molar-refractivity contribution in [3.05, 3.63) is 15.3 Å². The van der Waals surface area contributed by atoms with Gasteiger partial charge in [-0.25, -0.2) is 0 Å². The molecule has 5 N–H and O–H groups in total. The molecule has 0 aromatic carbocycles. The van der Waals surface area contributed by atoms with Crippen LogP contribution in [-0.4, -0.2) is 32.3 Å². The minimum absolute atomic E-state index is 0.0173. The second-order valence-electron chi connectivity index (χ2n) is 3.52. The molecule has 0 aliphatic carbocycles. The highest BCUT2D eigenvalue weighted by atomic mass is 16.9. The lowest BCUT2D eigenvalue weighted by Crippen LogP contribution is -2.47. The van der Waals surface area contributed by atoms with Crippen LogP contribution in [-0.2, 0) is 0 Å². The minimum atomic E-state index is -1.75. The van der Waals surface area contributed by atoms with Crippen LogP contribution >= 0.6 is 0 Å². The zero-order chi connectivity index (χ0) is 13.1. The van der Waals surface area contributed by atoms with Crippen molar-refractivity contribution in [2.24, 2.45) is 22.5 Å². The van der Waals surface area contributed by atoms with Gasteiger partial charge in [0, 0.05) is 6.92 Å². The summed E-state index contributed by atoms with van der Waals surface area (Å²) >= 11 is 0. The lowest BCUT2D eigenvalue weighted by Gasteiger charge is -2.20. The van der Waals surface area contributed by atoms with Crippen molar-refractivity contribution in [3.63, 3.8) is 0 Å². The summed E-state index contributed by atoms with van der Waals surface area (Å²) in [7, 11) is 0. The molecule has 0 fully saturated rings. The van der Waals surface area contributed by atoms with Crippen LogP contribution in [0.2, 0.25) is 0 Å². The molecular formula is C7H15N5O4. The first-order valence-electron chi connectivity index (χ1n) is 4.37. The number of aliphatic hydroxyl groups is 1. The molecule has 1 rings (SSSR count). The van der Waals surface area contributed by atoms with Crippen molar-refractivity contribution in [1.82, 2.24) is 0 Å². The summed E-state index contributed by atoms with van der Waals surface area (Å²) in [6.45, 7) is 5.35. The molecule has 0 aromatic heterocycles. The Morgan fingerprint density at radius 2 is 2.00 bits per heavy atom. The van der Waals surface area contributed by atoms with Crippen LogP contribution in [0.25, 0.3) is 0 Å². The van der Waals surface area contributed by atoms with E-state index in [4.69, 9.17) is 26.8 Å². The Morgan fingerprint density at radius 3 is 2.12 bits per heavy atom.